The van der Waals surface area contributed by atoms with Crippen molar-refractivity contribution in [1.29, 1.82) is 0 Å². The largest absolute Gasteiger partial charge is 0.380 e. The summed E-state index contributed by atoms with van der Waals surface area (Å²) in [5, 5.41) is 0.250. The third kappa shape index (κ3) is 3.91. The summed E-state index contributed by atoms with van der Waals surface area (Å²) in [4.78, 5) is 3.89. The van der Waals surface area contributed by atoms with Crippen LogP contribution >= 0.6 is 11.3 Å². The lowest BCUT2D eigenvalue weighted by molar-refractivity contribution is 0.133. The molecule has 98 valence electrons. The highest BCUT2D eigenvalue weighted by molar-refractivity contribution is 7.91. The number of nitrogens with one attached hydrogen (secondary N) is 1. The minimum Gasteiger partial charge on any atom is -0.380 e. The molecular formula is C9H17N3O3S2. The van der Waals surface area contributed by atoms with Gasteiger partial charge in [0, 0.05) is 12.6 Å². The van der Waals surface area contributed by atoms with E-state index < -0.39 is 10.0 Å². The quantitative estimate of drug-likeness (QED) is 0.801. The molecule has 0 aliphatic carbocycles. The van der Waals surface area contributed by atoms with E-state index in [1.165, 1.54) is 0 Å². The first kappa shape index (κ1) is 14.4. The summed E-state index contributed by atoms with van der Waals surface area (Å²) in [6, 6.07) is -0.289. The lowest BCUT2D eigenvalue weighted by Gasteiger charge is -2.13. The van der Waals surface area contributed by atoms with E-state index in [-0.39, 0.29) is 15.4 Å². The number of thiazole rings is 1. The summed E-state index contributed by atoms with van der Waals surface area (Å²) in [6.45, 7) is 6.11. The molecule has 17 heavy (non-hydrogen) atoms. The second-order valence-corrected chi connectivity index (χ2v) is 6.55. The van der Waals surface area contributed by atoms with E-state index in [4.69, 9.17) is 10.5 Å². The van der Waals surface area contributed by atoms with E-state index >= 15 is 0 Å². The third-order valence-electron chi connectivity index (χ3n) is 1.94. The highest BCUT2D eigenvalue weighted by atomic mass is 32.2. The molecule has 0 amide bonds. The fourth-order valence-corrected chi connectivity index (χ4v) is 3.84. The van der Waals surface area contributed by atoms with Crippen LogP contribution in [0.15, 0.2) is 4.21 Å². The first-order valence-corrected chi connectivity index (χ1v) is 7.49. The van der Waals surface area contributed by atoms with Crippen LogP contribution in [0.1, 0.15) is 19.5 Å². The van der Waals surface area contributed by atoms with Gasteiger partial charge in [-0.05, 0) is 20.8 Å². The molecule has 0 aliphatic heterocycles. The Morgan fingerprint density at radius 1 is 1.59 bits per heavy atom. The van der Waals surface area contributed by atoms with Gasteiger partial charge in [-0.25, -0.2) is 18.1 Å². The van der Waals surface area contributed by atoms with Gasteiger partial charge in [0.2, 0.25) is 0 Å². The predicted molar refractivity (Wildman–Crippen MR) is 67.5 cm³/mol. The lowest BCUT2D eigenvalue weighted by Crippen LogP contribution is -2.35. The van der Waals surface area contributed by atoms with E-state index in [1.54, 1.807) is 13.8 Å². The van der Waals surface area contributed by atoms with Crippen LogP contribution < -0.4 is 10.5 Å². The molecule has 0 saturated heterocycles. The van der Waals surface area contributed by atoms with Gasteiger partial charge in [-0.15, -0.1) is 0 Å². The van der Waals surface area contributed by atoms with Gasteiger partial charge in [-0.1, -0.05) is 11.3 Å². The number of aromatic nitrogens is 1. The molecule has 3 N–H and O–H groups in total. The first-order valence-electron chi connectivity index (χ1n) is 5.19. The van der Waals surface area contributed by atoms with Crippen molar-refractivity contribution in [3.8, 4) is 0 Å². The van der Waals surface area contributed by atoms with Crippen LogP contribution in [0.3, 0.4) is 0 Å². The average molecular weight is 279 g/mol. The number of nitrogens with zero attached hydrogens (tertiary/aromatic N) is 1. The fraction of sp³-hybridized carbons (Fsp3) is 0.667. The minimum absolute atomic E-state index is 0.165. The second-order valence-electron chi connectivity index (χ2n) is 3.61. The van der Waals surface area contributed by atoms with Crippen LogP contribution in [-0.2, 0) is 14.8 Å². The van der Waals surface area contributed by atoms with E-state index in [2.05, 4.69) is 9.71 Å². The molecule has 1 unspecified atom stereocenters. The van der Waals surface area contributed by atoms with E-state index in [1.807, 2.05) is 6.92 Å². The number of nitrogens with two attached hydrogens (primary N) is 1. The second kappa shape index (κ2) is 5.76. The molecule has 0 fully saturated rings. The van der Waals surface area contributed by atoms with Crippen LogP contribution in [0.4, 0.5) is 5.13 Å². The third-order valence-corrected chi connectivity index (χ3v) is 5.13. The maximum atomic E-state index is 12.0. The minimum atomic E-state index is -3.55. The van der Waals surface area contributed by atoms with E-state index in [0.717, 1.165) is 11.3 Å². The summed E-state index contributed by atoms with van der Waals surface area (Å²) >= 11 is 0.963. The molecule has 1 atom stereocenters. The molecule has 0 radical (unpaired) electrons. The van der Waals surface area contributed by atoms with E-state index in [9.17, 15) is 8.42 Å². The van der Waals surface area contributed by atoms with Crippen molar-refractivity contribution in [3.05, 3.63) is 5.69 Å². The van der Waals surface area contributed by atoms with Crippen molar-refractivity contribution in [2.75, 3.05) is 18.9 Å². The molecule has 1 aromatic heterocycles. The van der Waals surface area contributed by atoms with Gasteiger partial charge in [0.25, 0.3) is 10.0 Å². The summed E-state index contributed by atoms with van der Waals surface area (Å²) in [5.41, 5.74) is 5.90. The van der Waals surface area contributed by atoms with Crippen molar-refractivity contribution < 1.29 is 13.2 Å². The Labute approximate surface area is 105 Å². The highest BCUT2D eigenvalue weighted by Gasteiger charge is 2.23. The Kier molecular flexibility index (Phi) is 4.87. The van der Waals surface area contributed by atoms with Gasteiger partial charge in [0.15, 0.2) is 9.34 Å². The van der Waals surface area contributed by atoms with Gasteiger partial charge in [0.05, 0.1) is 12.3 Å². The van der Waals surface area contributed by atoms with Crippen LogP contribution in [0.25, 0.3) is 0 Å². The van der Waals surface area contributed by atoms with Crippen LogP contribution in [-0.4, -0.2) is 32.7 Å². The van der Waals surface area contributed by atoms with Gasteiger partial charge in [-0.2, -0.15) is 0 Å². The number of anilines is 1. The van der Waals surface area contributed by atoms with Gasteiger partial charge < -0.3 is 10.5 Å². The lowest BCUT2D eigenvalue weighted by atomic mass is 10.4. The van der Waals surface area contributed by atoms with Crippen molar-refractivity contribution in [3.63, 3.8) is 0 Å². The first-order chi connectivity index (χ1) is 7.86. The molecular weight excluding hydrogens is 262 g/mol. The van der Waals surface area contributed by atoms with Gasteiger partial charge in [-0.3, -0.25) is 0 Å². The van der Waals surface area contributed by atoms with Gasteiger partial charge in [0.1, 0.15) is 0 Å². The molecule has 1 aromatic rings. The molecule has 0 aromatic carbocycles. The fourth-order valence-electron chi connectivity index (χ4n) is 1.30. The van der Waals surface area contributed by atoms with Crippen LogP contribution in [0.5, 0.6) is 0 Å². The smallest absolute Gasteiger partial charge is 0.252 e. The topological polar surface area (TPSA) is 94.3 Å². The van der Waals surface area contributed by atoms with Crippen molar-refractivity contribution in [1.82, 2.24) is 9.71 Å². The Morgan fingerprint density at radius 2 is 2.24 bits per heavy atom. The van der Waals surface area contributed by atoms with Crippen molar-refractivity contribution in [2.24, 2.45) is 0 Å². The SMILES string of the molecule is CCOCC(C)NS(=O)(=O)c1sc(N)nc1C. The number of ether oxygens (including phenoxy) is 1. The summed E-state index contributed by atoms with van der Waals surface area (Å²) in [5.74, 6) is 0. The summed E-state index contributed by atoms with van der Waals surface area (Å²) in [6.07, 6.45) is 0. The van der Waals surface area contributed by atoms with Gasteiger partial charge >= 0.3 is 0 Å². The molecule has 8 heteroatoms. The maximum absolute atomic E-state index is 12.0. The number of hydrogen-bond donors (Lipinski definition) is 2. The molecule has 0 spiro atoms. The Balaban J connectivity index is 2.79. The molecule has 0 bridgehead atoms. The maximum Gasteiger partial charge on any atom is 0.252 e. The van der Waals surface area contributed by atoms with Crippen LogP contribution in [0, 0.1) is 6.92 Å². The standard InChI is InChI=1S/C9H17N3O3S2/c1-4-15-5-6(2)12-17(13,14)8-7(3)11-9(10)16-8/h6,12H,4-5H2,1-3H3,(H2,10,11). The van der Waals surface area contributed by atoms with Crippen molar-refractivity contribution in [2.45, 2.75) is 31.0 Å². The zero-order valence-corrected chi connectivity index (χ0v) is 11.7. The average Bonchev–Trinajstić information content (AvgIpc) is 2.55. The zero-order valence-electron chi connectivity index (χ0n) is 10.1. The van der Waals surface area contributed by atoms with Crippen LogP contribution in [0.2, 0.25) is 0 Å². The highest BCUT2D eigenvalue weighted by Crippen LogP contribution is 2.24. The number of rotatable bonds is 6. The molecule has 6 nitrogen and oxygen atoms in total. The Hall–Kier alpha value is -0.700. The molecule has 0 aliphatic rings. The predicted octanol–water partition coefficient (Wildman–Crippen LogP) is 0.737. The zero-order chi connectivity index (χ0) is 13.1. The van der Waals surface area contributed by atoms with Crippen molar-refractivity contribution >= 4 is 26.5 Å². The normalized spacial score (nSPS) is 13.8. The molecule has 1 rings (SSSR count). The number of aryl methyl sites for hydroxylation is 1. The monoisotopic (exact) mass is 279 g/mol. The number of hydrogen-bond acceptors (Lipinski definition) is 6. The Bertz CT molecular complexity index is 470. The molecule has 0 saturated carbocycles. The van der Waals surface area contributed by atoms with E-state index in [0.29, 0.717) is 18.9 Å². The summed E-state index contributed by atoms with van der Waals surface area (Å²) < 4.78 is 31.8. The number of nitrogen functional groups attached to an aromatic ring is 1. The molecule has 1 heterocycles. The Morgan fingerprint density at radius 3 is 2.71 bits per heavy atom. The number of sulfonamides is 1. The summed E-state index contributed by atoms with van der Waals surface area (Å²) in [7, 11) is -3.55.